The minimum atomic E-state index is -3.16. The van der Waals surface area contributed by atoms with Crippen molar-refractivity contribution in [2.45, 2.75) is 23.8 Å². The molecule has 100 valence electrons. The summed E-state index contributed by atoms with van der Waals surface area (Å²) in [4.78, 5) is 4.14. The Hall–Kier alpha value is -1.14. The van der Waals surface area contributed by atoms with Crippen LogP contribution in [0, 0.1) is 0 Å². The Morgan fingerprint density at radius 1 is 1.39 bits per heavy atom. The van der Waals surface area contributed by atoms with Gasteiger partial charge in [-0.05, 0) is 18.9 Å². The highest BCUT2D eigenvalue weighted by Gasteiger charge is 2.28. The van der Waals surface area contributed by atoms with E-state index < -0.39 is 9.84 Å². The first-order valence-corrected chi connectivity index (χ1v) is 7.62. The minimum Gasteiger partial charge on any atom is -0.481 e. The van der Waals surface area contributed by atoms with Crippen LogP contribution in [0.15, 0.2) is 18.2 Å². The summed E-state index contributed by atoms with van der Waals surface area (Å²) in [6.07, 6.45) is 1.15. The predicted molar refractivity (Wildman–Crippen MR) is 67.3 cm³/mol. The second-order valence-electron chi connectivity index (χ2n) is 4.29. The first-order chi connectivity index (χ1) is 8.62. The van der Waals surface area contributed by atoms with Gasteiger partial charge in [0.2, 0.25) is 5.88 Å². The third kappa shape index (κ3) is 3.20. The van der Waals surface area contributed by atoms with E-state index in [1.165, 1.54) is 7.11 Å². The van der Waals surface area contributed by atoms with Gasteiger partial charge < -0.3 is 9.47 Å². The molecule has 0 atom stereocenters. The van der Waals surface area contributed by atoms with Gasteiger partial charge in [-0.1, -0.05) is 6.07 Å². The van der Waals surface area contributed by atoms with Crippen LogP contribution in [0.3, 0.4) is 0 Å². The molecule has 2 heterocycles. The Balaban J connectivity index is 2.11. The summed E-state index contributed by atoms with van der Waals surface area (Å²) in [6.45, 7) is 1.05. The molecule has 0 saturated carbocycles. The number of methoxy groups -OCH3 is 1. The van der Waals surface area contributed by atoms with Crippen molar-refractivity contribution in [1.29, 1.82) is 0 Å². The van der Waals surface area contributed by atoms with E-state index in [0.29, 0.717) is 37.6 Å². The highest BCUT2D eigenvalue weighted by Crippen LogP contribution is 2.20. The third-order valence-corrected chi connectivity index (χ3v) is 5.20. The van der Waals surface area contributed by atoms with Gasteiger partial charge in [-0.2, -0.15) is 0 Å². The van der Waals surface area contributed by atoms with Gasteiger partial charge in [0.05, 0.1) is 23.8 Å². The highest BCUT2D eigenvalue weighted by atomic mass is 32.2. The number of nitrogens with zero attached hydrogens (tertiary/aromatic N) is 1. The lowest BCUT2D eigenvalue weighted by molar-refractivity contribution is 0.0983. The van der Waals surface area contributed by atoms with Gasteiger partial charge in [0.25, 0.3) is 0 Å². The van der Waals surface area contributed by atoms with Crippen molar-refractivity contribution in [3.63, 3.8) is 0 Å². The molecule has 0 amide bonds. The molecule has 0 aliphatic carbocycles. The van der Waals surface area contributed by atoms with Gasteiger partial charge in [-0.25, -0.2) is 13.4 Å². The molecule has 1 saturated heterocycles. The fourth-order valence-corrected chi connectivity index (χ4v) is 3.73. The van der Waals surface area contributed by atoms with Crippen molar-refractivity contribution in [1.82, 2.24) is 4.98 Å². The van der Waals surface area contributed by atoms with E-state index in [1.54, 1.807) is 18.2 Å². The van der Waals surface area contributed by atoms with Crippen LogP contribution in [0.5, 0.6) is 5.88 Å². The van der Waals surface area contributed by atoms with Gasteiger partial charge in [-0.3, -0.25) is 0 Å². The first-order valence-electron chi connectivity index (χ1n) is 5.91. The molecule has 6 heteroatoms. The molecular formula is C12H17NO4S. The number of aromatic nitrogens is 1. The molecule has 1 fully saturated rings. The molecule has 2 rings (SSSR count). The smallest absolute Gasteiger partial charge is 0.213 e. The maximum absolute atomic E-state index is 12.2. The number of hydrogen-bond donors (Lipinski definition) is 0. The monoisotopic (exact) mass is 271 g/mol. The average molecular weight is 271 g/mol. The summed E-state index contributed by atoms with van der Waals surface area (Å²) in [6, 6.07) is 5.16. The van der Waals surface area contributed by atoms with E-state index in [2.05, 4.69) is 4.98 Å². The van der Waals surface area contributed by atoms with Crippen molar-refractivity contribution < 1.29 is 17.9 Å². The number of sulfone groups is 1. The summed E-state index contributed by atoms with van der Waals surface area (Å²) in [5.41, 5.74) is 0.529. The lowest BCUT2D eigenvalue weighted by Crippen LogP contribution is -2.30. The molecular weight excluding hydrogens is 254 g/mol. The van der Waals surface area contributed by atoms with Crippen molar-refractivity contribution in [2.75, 3.05) is 20.3 Å². The molecule has 1 aromatic rings. The molecule has 5 nitrogen and oxygen atoms in total. The molecule has 0 bridgehead atoms. The quantitative estimate of drug-likeness (QED) is 0.823. The summed E-state index contributed by atoms with van der Waals surface area (Å²) in [5.74, 6) is 0.407. The van der Waals surface area contributed by atoms with Crippen LogP contribution < -0.4 is 4.74 Å². The van der Waals surface area contributed by atoms with Crippen molar-refractivity contribution >= 4 is 9.84 Å². The van der Waals surface area contributed by atoms with Crippen molar-refractivity contribution in [2.24, 2.45) is 0 Å². The van der Waals surface area contributed by atoms with E-state index in [0.717, 1.165) is 0 Å². The fraction of sp³-hybridized carbons (Fsp3) is 0.583. The lowest BCUT2D eigenvalue weighted by atomic mass is 10.2. The SMILES string of the molecule is COc1cccc(CS(=O)(=O)C2CCOCC2)n1. The summed E-state index contributed by atoms with van der Waals surface area (Å²) in [5, 5.41) is -0.306. The maximum Gasteiger partial charge on any atom is 0.213 e. The summed E-state index contributed by atoms with van der Waals surface area (Å²) >= 11 is 0. The second-order valence-corrected chi connectivity index (χ2v) is 6.57. The average Bonchev–Trinajstić information content (AvgIpc) is 2.39. The van der Waals surface area contributed by atoms with Gasteiger partial charge in [-0.15, -0.1) is 0 Å². The van der Waals surface area contributed by atoms with Gasteiger partial charge >= 0.3 is 0 Å². The highest BCUT2D eigenvalue weighted by molar-refractivity contribution is 7.91. The third-order valence-electron chi connectivity index (χ3n) is 3.02. The first kappa shape index (κ1) is 13.3. The Morgan fingerprint density at radius 2 is 2.11 bits per heavy atom. The number of rotatable bonds is 4. The Morgan fingerprint density at radius 3 is 2.78 bits per heavy atom. The second kappa shape index (κ2) is 5.67. The van der Waals surface area contributed by atoms with Crippen LogP contribution in [-0.4, -0.2) is 39.0 Å². The largest absolute Gasteiger partial charge is 0.481 e. The molecule has 0 aromatic carbocycles. The molecule has 0 spiro atoms. The van der Waals surface area contributed by atoms with Gasteiger partial charge in [0, 0.05) is 19.3 Å². The fourth-order valence-electron chi connectivity index (χ4n) is 2.01. The van der Waals surface area contributed by atoms with Gasteiger partial charge in [0.15, 0.2) is 9.84 Å². The van der Waals surface area contributed by atoms with E-state index in [4.69, 9.17) is 9.47 Å². The van der Waals surface area contributed by atoms with Crippen LogP contribution in [0.4, 0.5) is 0 Å². The molecule has 0 N–H and O–H groups in total. The molecule has 1 aliphatic heterocycles. The van der Waals surface area contributed by atoms with Crippen molar-refractivity contribution in [3.05, 3.63) is 23.9 Å². The number of pyridine rings is 1. The normalized spacial score (nSPS) is 17.6. The predicted octanol–water partition coefficient (Wildman–Crippen LogP) is 1.18. The molecule has 18 heavy (non-hydrogen) atoms. The van der Waals surface area contributed by atoms with Crippen molar-refractivity contribution in [3.8, 4) is 5.88 Å². The molecule has 0 unspecified atom stereocenters. The summed E-state index contributed by atoms with van der Waals surface area (Å²) in [7, 11) is -1.65. The van der Waals surface area contributed by atoms with E-state index in [9.17, 15) is 8.42 Å². The van der Waals surface area contributed by atoms with Crippen LogP contribution in [0.25, 0.3) is 0 Å². The van der Waals surface area contributed by atoms with Crippen LogP contribution in [-0.2, 0) is 20.3 Å². The Kier molecular flexibility index (Phi) is 4.19. The lowest BCUT2D eigenvalue weighted by Gasteiger charge is -2.21. The number of ether oxygens (including phenoxy) is 2. The molecule has 0 radical (unpaired) electrons. The minimum absolute atomic E-state index is 0.0329. The zero-order valence-electron chi connectivity index (χ0n) is 10.3. The number of hydrogen-bond acceptors (Lipinski definition) is 5. The molecule has 1 aliphatic rings. The molecule has 1 aromatic heterocycles. The van der Waals surface area contributed by atoms with E-state index in [1.807, 2.05) is 0 Å². The topological polar surface area (TPSA) is 65.5 Å². The standard InChI is InChI=1S/C12H17NO4S/c1-16-12-4-2-3-10(13-12)9-18(14,15)11-5-7-17-8-6-11/h2-4,11H,5-9H2,1H3. The van der Waals surface area contributed by atoms with Crippen LogP contribution in [0.1, 0.15) is 18.5 Å². The van der Waals surface area contributed by atoms with E-state index in [-0.39, 0.29) is 11.0 Å². The maximum atomic E-state index is 12.2. The van der Waals surface area contributed by atoms with Crippen LogP contribution >= 0.6 is 0 Å². The van der Waals surface area contributed by atoms with E-state index >= 15 is 0 Å². The Labute approximate surface area is 107 Å². The van der Waals surface area contributed by atoms with Gasteiger partial charge in [0.1, 0.15) is 0 Å². The van der Waals surface area contributed by atoms with Crippen LogP contribution in [0.2, 0.25) is 0 Å². The zero-order chi connectivity index (χ0) is 13.0. The Bertz CT molecular complexity index is 495. The zero-order valence-corrected chi connectivity index (χ0v) is 11.1. The summed E-state index contributed by atoms with van der Waals surface area (Å²) < 4.78 is 34.6.